The molecule has 2 rings (SSSR count). The Bertz CT molecular complexity index is 457. The molecule has 0 nitrogen and oxygen atoms in total. The zero-order valence-electron chi connectivity index (χ0n) is 9.96. The molecule has 0 saturated heterocycles. The Kier molecular flexibility index (Phi) is 4.61. The zero-order chi connectivity index (χ0) is 11.0. The SMILES string of the molecule is Cc1ccc(C(C)C)cc2c(C)ccc1-2.[NaH]. The molecule has 0 radical (unpaired) electrons. The van der Waals surface area contributed by atoms with Crippen molar-refractivity contribution in [2.24, 2.45) is 0 Å². The normalized spacial score (nSPS) is 10.6. The van der Waals surface area contributed by atoms with E-state index >= 15 is 0 Å². The first-order valence-electron chi connectivity index (χ1n) is 5.59. The van der Waals surface area contributed by atoms with Gasteiger partial charge in [-0.1, -0.05) is 44.2 Å². The second kappa shape index (κ2) is 5.35. The molecular weight excluding hydrogens is 203 g/mol. The molecule has 80 valence electrons. The van der Waals surface area contributed by atoms with Gasteiger partial charge in [0.2, 0.25) is 0 Å². The van der Waals surface area contributed by atoms with Crippen LogP contribution in [0, 0.1) is 13.8 Å². The predicted octanol–water partition coefficient (Wildman–Crippen LogP) is 3.88. The molecule has 0 unspecified atom stereocenters. The van der Waals surface area contributed by atoms with Crippen LogP contribution >= 0.6 is 0 Å². The van der Waals surface area contributed by atoms with Gasteiger partial charge in [0.1, 0.15) is 0 Å². The van der Waals surface area contributed by atoms with Crippen molar-refractivity contribution in [2.75, 3.05) is 0 Å². The average Bonchev–Trinajstić information content (AvgIpc) is 2.43. The summed E-state index contributed by atoms with van der Waals surface area (Å²) in [6.07, 6.45) is 0. The van der Waals surface area contributed by atoms with Gasteiger partial charge in [0.25, 0.3) is 0 Å². The first-order chi connectivity index (χ1) is 7.09. The van der Waals surface area contributed by atoms with Crippen molar-refractivity contribution in [3.63, 3.8) is 0 Å². The fraction of sp³-hybridized carbons (Fsp3) is 0.333. The number of rotatable bonds is 1. The number of hydrogen-bond acceptors (Lipinski definition) is 0. The third-order valence-electron chi connectivity index (χ3n) is 3.14. The summed E-state index contributed by atoms with van der Waals surface area (Å²) in [6.45, 7) is 8.86. The summed E-state index contributed by atoms with van der Waals surface area (Å²) in [7, 11) is 0. The second-order valence-electron chi connectivity index (χ2n) is 4.66. The molecule has 0 aromatic heterocycles. The van der Waals surface area contributed by atoms with Crippen molar-refractivity contribution >= 4 is 29.6 Å². The van der Waals surface area contributed by atoms with Crippen LogP contribution in [0.1, 0.15) is 36.5 Å². The van der Waals surface area contributed by atoms with E-state index in [-0.39, 0.29) is 29.6 Å². The van der Waals surface area contributed by atoms with Crippen LogP contribution in [0.2, 0.25) is 0 Å². The Balaban J connectivity index is 0.00000128. The first-order valence-corrected chi connectivity index (χ1v) is 5.59. The minimum atomic E-state index is 0. The van der Waals surface area contributed by atoms with E-state index < -0.39 is 0 Å². The second-order valence-corrected chi connectivity index (χ2v) is 4.66. The molecule has 0 bridgehead atoms. The van der Waals surface area contributed by atoms with E-state index in [0.29, 0.717) is 5.92 Å². The van der Waals surface area contributed by atoms with E-state index in [1.807, 2.05) is 0 Å². The number of fused-ring (bicyclic) bond motifs is 1. The molecule has 0 aliphatic heterocycles. The van der Waals surface area contributed by atoms with Crippen LogP contribution in [0.15, 0.2) is 30.3 Å². The van der Waals surface area contributed by atoms with Gasteiger partial charge in [-0.05, 0) is 47.6 Å². The van der Waals surface area contributed by atoms with Gasteiger partial charge in [-0.2, -0.15) is 0 Å². The van der Waals surface area contributed by atoms with Crippen LogP contribution in [-0.4, -0.2) is 29.6 Å². The maximum atomic E-state index is 2.34. The van der Waals surface area contributed by atoms with E-state index in [9.17, 15) is 0 Å². The van der Waals surface area contributed by atoms with Crippen molar-refractivity contribution in [1.29, 1.82) is 0 Å². The van der Waals surface area contributed by atoms with E-state index in [1.54, 1.807) is 0 Å². The van der Waals surface area contributed by atoms with Crippen molar-refractivity contribution in [2.45, 2.75) is 33.6 Å². The summed E-state index contributed by atoms with van der Waals surface area (Å²) in [6, 6.07) is 11.3. The van der Waals surface area contributed by atoms with Gasteiger partial charge in [-0.25, -0.2) is 0 Å². The standard InChI is InChI=1S/C15H18.Na.H/c1-10(2)13-7-5-11(3)14-8-6-12(4)15(14)9-13;;/h5-10H,1-4H3;;. The summed E-state index contributed by atoms with van der Waals surface area (Å²) in [5, 5.41) is 0. The molecule has 0 heterocycles. The molecule has 0 N–H and O–H groups in total. The van der Waals surface area contributed by atoms with Crippen molar-refractivity contribution in [1.82, 2.24) is 0 Å². The van der Waals surface area contributed by atoms with Crippen molar-refractivity contribution in [3.8, 4) is 11.1 Å². The third kappa shape index (κ3) is 2.51. The van der Waals surface area contributed by atoms with Gasteiger partial charge in [-0.15, -0.1) is 0 Å². The topological polar surface area (TPSA) is 0 Å². The van der Waals surface area contributed by atoms with Gasteiger partial charge in [0, 0.05) is 0 Å². The quantitative estimate of drug-likeness (QED) is 0.642. The molecule has 0 fully saturated rings. The Hall–Kier alpha value is -0.300. The van der Waals surface area contributed by atoms with Gasteiger partial charge >= 0.3 is 29.6 Å². The molecule has 2 aliphatic carbocycles. The van der Waals surface area contributed by atoms with Crippen LogP contribution in [0.3, 0.4) is 0 Å². The van der Waals surface area contributed by atoms with Crippen LogP contribution < -0.4 is 0 Å². The Labute approximate surface area is 121 Å². The molecule has 0 saturated carbocycles. The molecule has 0 aromatic carbocycles. The maximum absolute atomic E-state index is 2.34. The van der Waals surface area contributed by atoms with Crippen molar-refractivity contribution < 1.29 is 0 Å². The summed E-state index contributed by atoms with van der Waals surface area (Å²) >= 11 is 0. The van der Waals surface area contributed by atoms with Crippen LogP contribution in [0.4, 0.5) is 0 Å². The summed E-state index contributed by atoms with van der Waals surface area (Å²) in [5.41, 5.74) is 6.96. The average molecular weight is 222 g/mol. The van der Waals surface area contributed by atoms with Gasteiger partial charge in [0.05, 0.1) is 0 Å². The fourth-order valence-corrected chi connectivity index (χ4v) is 2.02. The fourth-order valence-electron chi connectivity index (χ4n) is 2.02. The Morgan fingerprint density at radius 1 is 0.812 bits per heavy atom. The van der Waals surface area contributed by atoms with E-state index in [4.69, 9.17) is 0 Å². The van der Waals surface area contributed by atoms with Gasteiger partial charge in [0.15, 0.2) is 0 Å². The molecular formula is C15H19Na. The minimum absolute atomic E-state index is 0. The Morgan fingerprint density at radius 2 is 1.38 bits per heavy atom. The van der Waals surface area contributed by atoms with Gasteiger partial charge < -0.3 is 0 Å². The summed E-state index contributed by atoms with van der Waals surface area (Å²) < 4.78 is 0. The molecule has 0 spiro atoms. The Morgan fingerprint density at radius 3 is 2.00 bits per heavy atom. The predicted molar refractivity (Wildman–Crippen MR) is 73.8 cm³/mol. The zero-order valence-corrected chi connectivity index (χ0v) is 9.96. The monoisotopic (exact) mass is 222 g/mol. The van der Waals surface area contributed by atoms with Crippen LogP contribution in [0.25, 0.3) is 11.1 Å². The summed E-state index contributed by atoms with van der Waals surface area (Å²) in [4.78, 5) is 0. The van der Waals surface area contributed by atoms with E-state index in [1.165, 1.54) is 27.8 Å². The molecule has 0 atom stereocenters. The van der Waals surface area contributed by atoms with Gasteiger partial charge in [-0.3, -0.25) is 0 Å². The molecule has 1 heteroatoms. The van der Waals surface area contributed by atoms with E-state index in [2.05, 4.69) is 58.0 Å². The summed E-state index contributed by atoms with van der Waals surface area (Å²) in [5.74, 6) is 0.592. The van der Waals surface area contributed by atoms with Crippen LogP contribution in [0.5, 0.6) is 0 Å². The molecule has 2 aliphatic rings. The molecule has 0 amide bonds. The van der Waals surface area contributed by atoms with Crippen molar-refractivity contribution in [3.05, 3.63) is 47.0 Å². The molecule has 16 heavy (non-hydrogen) atoms. The number of aryl methyl sites for hydroxylation is 2. The third-order valence-corrected chi connectivity index (χ3v) is 3.14. The first kappa shape index (κ1) is 13.8. The van der Waals surface area contributed by atoms with Crippen LogP contribution in [-0.2, 0) is 0 Å². The number of hydrogen-bond donors (Lipinski definition) is 0. The molecule has 0 aromatic rings. The van der Waals surface area contributed by atoms with E-state index in [0.717, 1.165) is 0 Å².